The first kappa shape index (κ1) is 18.6. The fourth-order valence-corrected chi connectivity index (χ4v) is 4.13. The van der Waals surface area contributed by atoms with Gasteiger partial charge in [-0.15, -0.1) is 5.10 Å². The van der Waals surface area contributed by atoms with E-state index in [4.69, 9.17) is 4.74 Å². The molecule has 3 aromatic rings. The summed E-state index contributed by atoms with van der Waals surface area (Å²) in [5.74, 6) is 1.47. The van der Waals surface area contributed by atoms with Gasteiger partial charge in [-0.2, -0.15) is 4.52 Å². The summed E-state index contributed by atoms with van der Waals surface area (Å²) in [5, 5.41) is 24.4. The maximum atomic E-state index is 10.8. The highest BCUT2D eigenvalue weighted by Crippen LogP contribution is 2.42. The second kappa shape index (κ2) is 8.03. The quantitative estimate of drug-likeness (QED) is 0.629. The van der Waals surface area contributed by atoms with Crippen LogP contribution in [0, 0.1) is 6.92 Å². The topological polar surface area (TPSA) is 83.1 Å². The van der Waals surface area contributed by atoms with E-state index in [-0.39, 0.29) is 18.5 Å². The van der Waals surface area contributed by atoms with Gasteiger partial charge in [-0.1, -0.05) is 36.5 Å². The number of ether oxygens (including phenoxy) is 1. The van der Waals surface area contributed by atoms with Gasteiger partial charge in [0.1, 0.15) is 11.6 Å². The van der Waals surface area contributed by atoms with E-state index in [1.807, 2.05) is 36.2 Å². The first-order valence-corrected chi connectivity index (χ1v) is 9.46. The minimum absolute atomic E-state index is 0.0195. The normalized spacial score (nSPS) is 12.8. The molecule has 0 fully saturated rings. The Hall–Kier alpha value is -2.16. The third kappa shape index (κ3) is 3.53. The monoisotopic (exact) mass is 376 g/mol. The van der Waals surface area contributed by atoms with Gasteiger partial charge in [-0.25, -0.2) is 4.98 Å². The number of likely N-dealkylation sites (N-methyl/N-ethyl adjacent to an activating group) is 1. The van der Waals surface area contributed by atoms with Crippen molar-refractivity contribution in [2.75, 3.05) is 26.8 Å². The minimum Gasteiger partial charge on any atom is -0.493 e. The average Bonchev–Trinajstić information content (AvgIpc) is 3.12. The van der Waals surface area contributed by atoms with Gasteiger partial charge in [0.15, 0.2) is 0 Å². The van der Waals surface area contributed by atoms with Crippen LogP contribution in [-0.4, -0.2) is 56.5 Å². The maximum absolute atomic E-state index is 10.8. The molecule has 1 aromatic carbocycles. The van der Waals surface area contributed by atoms with Crippen molar-refractivity contribution in [1.29, 1.82) is 0 Å². The lowest BCUT2D eigenvalue weighted by molar-refractivity contribution is 0.193. The molecule has 2 N–H and O–H groups in total. The Labute approximate surface area is 156 Å². The van der Waals surface area contributed by atoms with Crippen LogP contribution in [0.5, 0.6) is 11.6 Å². The number of nitrogens with zero attached hydrogens (tertiary/aromatic N) is 4. The summed E-state index contributed by atoms with van der Waals surface area (Å²) >= 11 is 1.39. The van der Waals surface area contributed by atoms with Gasteiger partial charge < -0.3 is 14.9 Å². The molecule has 0 aliphatic heterocycles. The van der Waals surface area contributed by atoms with E-state index in [9.17, 15) is 10.2 Å². The number of para-hydroxylation sites is 1. The van der Waals surface area contributed by atoms with Crippen LogP contribution in [0.4, 0.5) is 0 Å². The molecule has 0 saturated heterocycles. The molecule has 2 aromatic heterocycles. The van der Waals surface area contributed by atoms with Crippen LogP contribution < -0.4 is 4.74 Å². The molecule has 0 aliphatic rings. The second-order valence-electron chi connectivity index (χ2n) is 6.14. The number of aliphatic hydroxyl groups excluding tert-OH is 1. The Morgan fingerprint density at radius 1 is 1.35 bits per heavy atom. The number of rotatable bonds is 8. The van der Waals surface area contributed by atoms with Crippen molar-refractivity contribution in [2.45, 2.75) is 26.3 Å². The summed E-state index contributed by atoms with van der Waals surface area (Å²) in [6.45, 7) is 4.95. The first-order chi connectivity index (χ1) is 12.6. The SMILES string of the molecule is CCCOc1ccccc1C(c1sc2nc(C)nn2c1O)N(C)CCO. The molecule has 0 saturated carbocycles. The predicted octanol–water partition coefficient (Wildman–Crippen LogP) is 2.61. The van der Waals surface area contributed by atoms with Crippen molar-refractivity contribution in [3.05, 3.63) is 40.5 Å². The van der Waals surface area contributed by atoms with E-state index in [2.05, 4.69) is 17.0 Å². The molecule has 0 aliphatic carbocycles. The van der Waals surface area contributed by atoms with Crippen LogP contribution in [0.25, 0.3) is 4.96 Å². The molecule has 8 heteroatoms. The number of benzene rings is 1. The molecular formula is C18H24N4O3S. The van der Waals surface area contributed by atoms with Crippen LogP contribution in [0.15, 0.2) is 24.3 Å². The van der Waals surface area contributed by atoms with E-state index < -0.39 is 0 Å². The van der Waals surface area contributed by atoms with Gasteiger partial charge in [0.25, 0.3) is 0 Å². The van der Waals surface area contributed by atoms with E-state index >= 15 is 0 Å². The highest BCUT2D eigenvalue weighted by atomic mass is 32.1. The number of aliphatic hydroxyl groups is 1. The number of aromatic hydroxyl groups is 1. The van der Waals surface area contributed by atoms with Gasteiger partial charge in [0.05, 0.1) is 24.1 Å². The smallest absolute Gasteiger partial charge is 0.230 e. The molecular weight excluding hydrogens is 352 g/mol. The van der Waals surface area contributed by atoms with Crippen molar-refractivity contribution >= 4 is 16.3 Å². The molecule has 0 radical (unpaired) electrons. The highest BCUT2D eigenvalue weighted by molar-refractivity contribution is 7.17. The van der Waals surface area contributed by atoms with Gasteiger partial charge >= 0.3 is 0 Å². The summed E-state index contributed by atoms with van der Waals surface area (Å²) in [7, 11) is 1.91. The lowest BCUT2D eigenvalue weighted by Crippen LogP contribution is -2.28. The van der Waals surface area contributed by atoms with Crippen LogP contribution >= 0.6 is 11.3 Å². The van der Waals surface area contributed by atoms with E-state index in [1.54, 1.807) is 6.92 Å². The largest absolute Gasteiger partial charge is 0.493 e. The lowest BCUT2D eigenvalue weighted by atomic mass is 10.0. The Bertz CT molecular complexity index is 877. The molecule has 26 heavy (non-hydrogen) atoms. The Morgan fingerprint density at radius 2 is 2.12 bits per heavy atom. The van der Waals surface area contributed by atoms with E-state index in [0.29, 0.717) is 23.9 Å². The molecule has 140 valence electrons. The zero-order valence-electron chi connectivity index (χ0n) is 15.2. The average molecular weight is 376 g/mol. The summed E-state index contributed by atoms with van der Waals surface area (Å²) in [5.41, 5.74) is 0.938. The van der Waals surface area contributed by atoms with Gasteiger partial charge in [-0.05, 0) is 26.5 Å². The number of hydrogen-bond donors (Lipinski definition) is 2. The summed E-state index contributed by atoms with van der Waals surface area (Å²) in [6.07, 6.45) is 0.909. The molecule has 0 amide bonds. The summed E-state index contributed by atoms with van der Waals surface area (Å²) < 4.78 is 7.39. The molecule has 2 heterocycles. The van der Waals surface area contributed by atoms with Crippen LogP contribution in [0.1, 0.15) is 35.7 Å². The molecule has 0 spiro atoms. The third-order valence-corrected chi connectivity index (χ3v) is 5.20. The van der Waals surface area contributed by atoms with Crippen LogP contribution in [0.3, 0.4) is 0 Å². The Balaban J connectivity index is 2.11. The summed E-state index contributed by atoms with van der Waals surface area (Å²) in [4.78, 5) is 7.72. The van der Waals surface area contributed by atoms with Gasteiger partial charge in [0.2, 0.25) is 10.8 Å². The molecule has 3 rings (SSSR count). The van der Waals surface area contributed by atoms with Crippen molar-refractivity contribution < 1.29 is 14.9 Å². The van der Waals surface area contributed by atoms with Gasteiger partial charge in [0, 0.05) is 12.1 Å². The number of aromatic nitrogens is 3. The molecule has 1 unspecified atom stereocenters. The Morgan fingerprint density at radius 3 is 2.81 bits per heavy atom. The Kier molecular flexibility index (Phi) is 5.75. The fourth-order valence-electron chi connectivity index (χ4n) is 2.94. The minimum atomic E-state index is -0.274. The predicted molar refractivity (Wildman–Crippen MR) is 101 cm³/mol. The maximum Gasteiger partial charge on any atom is 0.230 e. The van der Waals surface area contributed by atoms with Crippen LogP contribution in [0.2, 0.25) is 0 Å². The zero-order chi connectivity index (χ0) is 18.7. The molecule has 1 atom stereocenters. The van der Waals surface area contributed by atoms with Crippen molar-refractivity contribution in [3.63, 3.8) is 0 Å². The van der Waals surface area contributed by atoms with Gasteiger partial charge in [-0.3, -0.25) is 4.90 Å². The van der Waals surface area contributed by atoms with Crippen molar-refractivity contribution in [1.82, 2.24) is 19.5 Å². The lowest BCUT2D eigenvalue weighted by Gasteiger charge is -2.28. The van der Waals surface area contributed by atoms with E-state index in [1.165, 1.54) is 15.9 Å². The number of thiazole rings is 1. The van der Waals surface area contributed by atoms with Crippen LogP contribution in [-0.2, 0) is 0 Å². The number of aryl methyl sites for hydroxylation is 1. The van der Waals surface area contributed by atoms with Crippen molar-refractivity contribution in [2.24, 2.45) is 0 Å². The van der Waals surface area contributed by atoms with E-state index in [0.717, 1.165) is 22.6 Å². The zero-order valence-corrected chi connectivity index (χ0v) is 16.0. The number of fused-ring (bicyclic) bond motifs is 1. The summed E-state index contributed by atoms with van der Waals surface area (Å²) in [6, 6.07) is 7.53. The fraction of sp³-hybridized carbons (Fsp3) is 0.444. The standard InChI is InChI=1S/C18H24N4O3S/c1-4-11-25-14-8-6-5-7-13(14)15(21(3)9-10-23)16-17(24)22-18(26-16)19-12(2)20-22/h5-8,15,23-24H,4,9-11H2,1-3H3. The molecule has 7 nitrogen and oxygen atoms in total. The van der Waals surface area contributed by atoms with Crippen molar-refractivity contribution in [3.8, 4) is 11.6 Å². The number of hydrogen-bond acceptors (Lipinski definition) is 7. The second-order valence-corrected chi connectivity index (χ2v) is 7.15. The molecule has 0 bridgehead atoms. The first-order valence-electron chi connectivity index (χ1n) is 8.64. The highest BCUT2D eigenvalue weighted by Gasteiger charge is 2.29. The third-order valence-electron chi connectivity index (χ3n) is 4.12.